The fourth-order valence-corrected chi connectivity index (χ4v) is 2.79. The fourth-order valence-electron chi connectivity index (χ4n) is 2.79. The van der Waals surface area contributed by atoms with Gasteiger partial charge in [-0.15, -0.1) is 0 Å². The number of benzene rings is 1. The molecule has 2 N–H and O–H groups in total. The molecule has 3 nitrogen and oxygen atoms in total. The van der Waals surface area contributed by atoms with Gasteiger partial charge in [0.05, 0.1) is 12.0 Å². The van der Waals surface area contributed by atoms with Crippen LogP contribution < -0.4 is 5.73 Å². The van der Waals surface area contributed by atoms with Crippen LogP contribution in [0.4, 0.5) is 8.78 Å². The van der Waals surface area contributed by atoms with Crippen molar-refractivity contribution < 1.29 is 13.6 Å². The summed E-state index contributed by atoms with van der Waals surface area (Å²) in [4.78, 5) is 13.9. The fraction of sp³-hybridized carbons (Fsp3) is 0.533. The predicted octanol–water partition coefficient (Wildman–Crippen LogP) is 2.61. The number of hydrogen-bond acceptors (Lipinski definition) is 2. The molecule has 0 bridgehead atoms. The van der Waals surface area contributed by atoms with Gasteiger partial charge in [0.15, 0.2) is 0 Å². The molecule has 0 aliphatic heterocycles. The van der Waals surface area contributed by atoms with Crippen LogP contribution in [0.3, 0.4) is 0 Å². The predicted molar refractivity (Wildman–Crippen MR) is 72.9 cm³/mol. The zero-order valence-electron chi connectivity index (χ0n) is 11.8. The average molecular weight is 282 g/mol. The summed E-state index contributed by atoms with van der Waals surface area (Å²) in [6, 6.07) is 2.64. The first-order chi connectivity index (χ1) is 9.41. The van der Waals surface area contributed by atoms with Crippen LogP contribution in [-0.2, 0) is 4.79 Å². The van der Waals surface area contributed by atoms with Gasteiger partial charge in [-0.05, 0) is 38.0 Å². The molecule has 20 heavy (non-hydrogen) atoms. The largest absolute Gasteiger partial charge is 0.339 e. The first kappa shape index (κ1) is 14.9. The molecule has 0 spiro atoms. The first-order valence-electron chi connectivity index (χ1n) is 6.89. The highest BCUT2D eigenvalue weighted by Gasteiger charge is 2.34. The second kappa shape index (κ2) is 5.87. The maximum atomic E-state index is 13.8. The van der Waals surface area contributed by atoms with Crippen LogP contribution in [0.25, 0.3) is 0 Å². The summed E-state index contributed by atoms with van der Waals surface area (Å²) in [6.07, 6.45) is 2.55. The number of amides is 1. The Morgan fingerprint density at radius 2 is 2.10 bits per heavy atom. The van der Waals surface area contributed by atoms with E-state index in [0.717, 1.165) is 37.5 Å². The SMILES string of the molecule is CC(c1cc(F)ccc1F)N(C)C(=O)C1CCCC1N. The molecule has 1 fully saturated rings. The molecule has 0 radical (unpaired) electrons. The summed E-state index contributed by atoms with van der Waals surface area (Å²) < 4.78 is 27.0. The third-order valence-electron chi connectivity index (χ3n) is 4.22. The normalized spacial score (nSPS) is 23.6. The van der Waals surface area contributed by atoms with Crippen molar-refractivity contribution in [3.05, 3.63) is 35.4 Å². The third kappa shape index (κ3) is 2.82. The Balaban J connectivity index is 2.17. The number of carbonyl (C=O) groups excluding carboxylic acids is 1. The summed E-state index contributed by atoms with van der Waals surface area (Å²) >= 11 is 0. The third-order valence-corrected chi connectivity index (χ3v) is 4.22. The van der Waals surface area contributed by atoms with E-state index in [1.807, 2.05) is 0 Å². The average Bonchev–Trinajstić information content (AvgIpc) is 2.85. The molecule has 1 aromatic carbocycles. The van der Waals surface area contributed by atoms with Gasteiger partial charge < -0.3 is 10.6 Å². The van der Waals surface area contributed by atoms with Gasteiger partial charge >= 0.3 is 0 Å². The zero-order chi connectivity index (χ0) is 14.9. The highest BCUT2D eigenvalue weighted by Crippen LogP contribution is 2.29. The van der Waals surface area contributed by atoms with E-state index in [0.29, 0.717) is 0 Å². The quantitative estimate of drug-likeness (QED) is 0.926. The molecule has 3 unspecified atom stereocenters. The molecule has 1 aliphatic rings. The number of rotatable bonds is 3. The standard InChI is InChI=1S/C15H20F2N2O/c1-9(12-8-10(16)6-7-13(12)17)19(2)15(20)11-4-3-5-14(11)18/h6-9,11,14H,3-5,18H2,1-2H3. The van der Waals surface area contributed by atoms with E-state index in [4.69, 9.17) is 5.73 Å². The van der Waals surface area contributed by atoms with Crippen LogP contribution in [-0.4, -0.2) is 23.9 Å². The molecule has 1 amide bonds. The highest BCUT2D eigenvalue weighted by molar-refractivity contribution is 5.80. The van der Waals surface area contributed by atoms with Gasteiger partial charge in [0.2, 0.25) is 5.91 Å². The van der Waals surface area contributed by atoms with E-state index < -0.39 is 17.7 Å². The lowest BCUT2D eigenvalue weighted by Crippen LogP contribution is -2.41. The van der Waals surface area contributed by atoms with E-state index in [1.54, 1.807) is 14.0 Å². The Labute approximate surface area is 117 Å². The van der Waals surface area contributed by atoms with Crippen molar-refractivity contribution in [2.45, 2.75) is 38.3 Å². The smallest absolute Gasteiger partial charge is 0.227 e. The topological polar surface area (TPSA) is 46.3 Å². The molecule has 110 valence electrons. The van der Waals surface area contributed by atoms with E-state index in [1.165, 1.54) is 4.90 Å². The van der Waals surface area contributed by atoms with Gasteiger partial charge in [0, 0.05) is 18.7 Å². The van der Waals surface area contributed by atoms with Crippen molar-refractivity contribution in [2.75, 3.05) is 7.05 Å². The first-order valence-corrected chi connectivity index (χ1v) is 6.89. The maximum absolute atomic E-state index is 13.8. The minimum absolute atomic E-state index is 0.0915. The zero-order valence-corrected chi connectivity index (χ0v) is 11.8. The van der Waals surface area contributed by atoms with Crippen molar-refractivity contribution in [3.8, 4) is 0 Å². The van der Waals surface area contributed by atoms with Crippen LogP contribution >= 0.6 is 0 Å². The number of nitrogens with zero attached hydrogens (tertiary/aromatic N) is 1. The molecule has 5 heteroatoms. The molecule has 3 atom stereocenters. The Kier molecular flexibility index (Phi) is 4.38. The van der Waals surface area contributed by atoms with Crippen molar-refractivity contribution in [1.29, 1.82) is 0 Å². The Bertz CT molecular complexity index is 507. The molecular weight excluding hydrogens is 262 g/mol. The van der Waals surface area contributed by atoms with E-state index in [9.17, 15) is 13.6 Å². The van der Waals surface area contributed by atoms with Gasteiger partial charge in [0.25, 0.3) is 0 Å². The summed E-state index contributed by atoms with van der Waals surface area (Å²) in [5.41, 5.74) is 6.12. The van der Waals surface area contributed by atoms with Gasteiger partial charge in [-0.3, -0.25) is 4.79 Å². The van der Waals surface area contributed by atoms with E-state index in [-0.39, 0.29) is 23.4 Å². The van der Waals surface area contributed by atoms with Gasteiger partial charge in [-0.25, -0.2) is 8.78 Å². The molecule has 0 aromatic heterocycles. The van der Waals surface area contributed by atoms with Crippen molar-refractivity contribution in [2.24, 2.45) is 11.7 Å². The number of hydrogen-bond donors (Lipinski definition) is 1. The van der Waals surface area contributed by atoms with Crippen LogP contribution in [0, 0.1) is 17.6 Å². The summed E-state index contributed by atoms with van der Waals surface area (Å²) in [5.74, 6) is -1.31. The van der Waals surface area contributed by atoms with Crippen molar-refractivity contribution in [3.63, 3.8) is 0 Å². The monoisotopic (exact) mass is 282 g/mol. The number of halogens is 2. The van der Waals surface area contributed by atoms with Crippen molar-refractivity contribution in [1.82, 2.24) is 4.90 Å². The van der Waals surface area contributed by atoms with Gasteiger partial charge in [-0.2, -0.15) is 0 Å². The number of carbonyl (C=O) groups is 1. The molecular formula is C15H20F2N2O. The Hall–Kier alpha value is -1.49. The minimum Gasteiger partial charge on any atom is -0.339 e. The van der Waals surface area contributed by atoms with Gasteiger partial charge in [-0.1, -0.05) is 6.42 Å². The lowest BCUT2D eigenvalue weighted by molar-refractivity contribution is -0.136. The maximum Gasteiger partial charge on any atom is 0.227 e. The summed E-state index contributed by atoms with van der Waals surface area (Å²) in [6.45, 7) is 1.69. The molecule has 2 rings (SSSR count). The number of nitrogens with two attached hydrogens (primary N) is 1. The lowest BCUT2D eigenvalue weighted by atomic mass is 10.00. The molecule has 1 saturated carbocycles. The van der Waals surface area contributed by atoms with Crippen LogP contribution in [0.2, 0.25) is 0 Å². The summed E-state index contributed by atoms with van der Waals surface area (Å²) in [5, 5.41) is 0. The van der Waals surface area contributed by atoms with Gasteiger partial charge in [0.1, 0.15) is 11.6 Å². The van der Waals surface area contributed by atoms with Crippen LogP contribution in [0.1, 0.15) is 37.8 Å². The molecule has 1 aliphatic carbocycles. The van der Waals surface area contributed by atoms with E-state index >= 15 is 0 Å². The second-order valence-electron chi connectivity index (χ2n) is 5.49. The van der Waals surface area contributed by atoms with Crippen LogP contribution in [0.15, 0.2) is 18.2 Å². The minimum atomic E-state index is -0.522. The highest BCUT2D eigenvalue weighted by atomic mass is 19.1. The lowest BCUT2D eigenvalue weighted by Gasteiger charge is -2.29. The summed E-state index contributed by atoms with van der Waals surface area (Å²) in [7, 11) is 1.61. The van der Waals surface area contributed by atoms with Crippen molar-refractivity contribution >= 4 is 5.91 Å². The molecule has 0 heterocycles. The van der Waals surface area contributed by atoms with Crippen LogP contribution in [0.5, 0.6) is 0 Å². The van der Waals surface area contributed by atoms with E-state index in [2.05, 4.69) is 0 Å². The molecule has 1 aromatic rings. The molecule has 0 saturated heterocycles. The second-order valence-corrected chi connectivity index (χ2v) is 5.49. The Morgan fingerprint density at radius 3 is 2.70 bits per heavy atom. The Morgan fingerprint density at radius 1 is 1.40 bits per heavy atom.